The highest BCUT2D eigenvalue weighted by molar-refractivity contribution is 5.69. The van der Waals surface area contributed by atoms with Gasteiger partial charge in [-0.3, -0.25) is 9.69 Å². The Kier molecular flexibility index (Phi) is 6.60. The molecule has 0 saturated carbocycles. The average Bonchev–Trinajstić information content (AvgIpc) is 2.30. The molecule has 1 heterocycles. The summed E-state index contributed by atoms with van der Waals surface area (Å²) in [5.41, 5.74) is 0. The van der Waals surface area contributed by atoms with Crippen LogP contribution in [0.4, 0.5) is 0 Å². The first-order chi connectivity index (χ1) is 8.49. The number of carbonyl (C=O) groups is 1. The molecule has 5 nitrogen and oxygen atoms in total. The summed E-state index contributed by atoms with van der Waals surface area (Å²) in [7, 11) is 4.20. The molecule has 1 aliphatic rings. The Morgan fingerprint density at radius 1 is 1.22 bits per heavy atom. The summed E-state index contributed by atoms with van der Waals surface area (Å²) in [6.07, 6.45) is 1.21. The van der Waals surface area contributed by atoms with Crippen molar-refractivity contribution >= 4 is 5.97 Å². The van der Waals surface area contributed by atoms with Crippen LogP contribution in [0, 0.1) is 5.92 Å². The molecular weight excluding hydrogens is 230 g/mol. The first-order valence-corrected chi connectivity index (χ1v) is 6.81. The lowest BCUT2D eigenvalue weighted by Crippen LogP contribution is -2.48. The Labute approximate surface area is 110 Å². The molecule has 1 atom stereocenters. The monoisotopic (exact) mass is 257 g/mol. The molecule has 0 amide bonds. The second-order valence-corrected chi connectivity index (χ2v) is 5.54. The summed E-state index contributed by atoms with van der Waals surface area (Å²) >= 11 is 0. The standard InChI is InChI=1S/C13H27N3O2/c1-12(13(17)18)11-16-9-7-15(8-10-16)6-4-5-14(2)3/h12H,4-11H2,1-3H3,(H,17,18). The fourth-order valence-corrected chi connectivity index (χ4v) is 2.27. The van der Waals surface area contributed by atoms with Crippen LogP contribution in [0.25, 0.3) is 0 Å². The van der Waals surface area contributed by atoms with Gasteiger partial charge in [0, 0.05) is 32.7 Å². The highest BCUT2D eigenvalue weighted by atomic mass is 16.4. The van der Waals surface area contributed by atoms with E-state index >= 15 is 0 Å². The molecule has 0 bridgehead atoms. The Hall–Kier alpha value is -0.650. The van der Waals surface area contributed by atoms with Gasteiger partial charge in [-0.25, -0.2) is 0 Å². The largest absolute Gasteiger partial charge is 0.481 e. The second-order valence-electron chi connectivity index (χ2n) is 5.54. The van der Waals surface area contributed by atoms with Gasteiger partial charge in [-0.1, -0.05) is 6.92 Å². The lowest BCUT2D eigenvalue weighted by molar-refractivity contribution is -0.141. The molecule has 1 aliphatic heterocycles. The van der Waals surface area contributed by atoms with Gasteiger partial charge in [0.1, 0.15) is 0 Å². The summed E-state index contributed by atoms with van der Waals surface area (Å²) in [5.74, 6) is -0.950. The molecule has 1 rings (SSSR count). The van der Waals surface area contributed by atoms with Crippen molar-refractivity contribution < 1.29 is 9.90 Å². The molecule has 0 spiro atoms. The van der Waals surface area contributed by atoms with E-state index in [9.17, 15) is 4.79 Å². The third-order valence-electron chi connectivity index (χ3n) is 3.50. The highest BCUT2D eigenvalue weighted by Gasteiger charge is 2.20. The van der Waals surface area contributed by atoms with Crippen LogP contribution >= 0.6 is 0 Å². The Morgan fingerprint density at radius 2 is 1.78 bits per heavy atom. The van der Waals surface area contributed by atoms with Crippen molar-refractivity contribution in [2.24, 2.45) is 5.92 Å². The van der Waals surface area contributed by atoms with Gasteiger partial charge in [-0.05, 0) is 33.6 Å². The fraction of sp³-hybridized carbons (Fsp3) is 0.923. The van der Waals surface area contributed by atoms with Crippen molar-refractivity contribution in [2.45, 2.75) is 13.3 Å². The van der Waals surface area contributed by atoms with E-state index in [0.717, 1.165) is 39.3 Å². The third-order valence-corrected chi connectivity index (χ3v) is 3.50. The predicted molar refractivity (Wildman–Crippen MR) is 72.9 cm³/mol. The number of aliphatic carboxylic acids is 1. The number of piperazine rings is 1. The fourth-order valence-electron chi connectivity index (χ4n) is 2.27. The summed E-state index contributed by atoms with van der Waals surface area (Å²) < 4.78 is 0. The lowest BCUT2D eigenvalue weighted by Gasteiger charge is -2.35. The summed E-state index contributed by atoms with van der Waals surface area (Å²) in [5, 5.41) is 8.89. The third kappa shape index (κ3) is 5.80. The number of carboxylic acid groups (broad SMARTS) is 1. The molecule has 106 valence electrons. The number of carboxylic acids is 1. The Bertz CT molecular complexity index is 251. The van der Waals surface area contributed by atoms with Gasteiger partial charge in [0.15, 0.2) is 0 Å². The molecular formula is C13H27N3O2. The minimum atomic E-state index is -0.691. The van der Waals surface area contributed by atoms with Gasteiger partial charge in [0.2, 0.25) is 0 Å². The maximum absolute atomic E-state index is 10.8. The molecule has 0 aromatic rings. The van der Waals surface area contributed by atoms with E-state index < -0.39 is 5.97 Å². The average molecular weight is 257 g/mol. The molecule has 1 N–H and O–H groups in total. The van der Waals surface area contributed by atoms with Crippen LogP contribution in [0.2, 0.25) is 0 Å². The van der Waals surface area contributed by atoms with E-state index in [2.05, 4.69) is 28.8 Å². The van der Waals surface area contributed by atoms with E-state index in [1.165, 1.54) is 6.42 Å². The van der Waals surface area contributed by atoms with Crippen molar-refractivity contribution in [3.63, 3.8) is 0 Å². The Morgan fingerprint density at radius 3 is 2.28 bits per heavy atom. The molecule has 0 aliphatic carbocycles. The van der Waals surface area contributed by atoms with E-state index in [0.29, 0.717) is 6.54 Å². The smallest absolute Gasteiger partial charge is 0.307 e. The number of hydrogen-bond donors (Lipinski definition) is 1. The minimum Gasteiger partial charge on any atom is -0.481 e. The van der Waals surface area contributed by atoms with E-state index in [-0.39, 0.29) is 5.92 Å². The van der Waals surface area contributed by atoms with Crippen LogP contribution in [0.3, 0.4) is 0 Å². The van der Waals surface area contributed by atoms with Gasteiger partial charge in [-0.15, -0.1) is 0 Å². The van der Waals surface area contributed by atoms with E-state index in [1.807, 2.05) is 0 Å². The summed E-state index contributed by atoms with van der Waals surface area (Å²) in [6, 6.07) is 0. The molecule has 1 fully saturated rings. The van der Waals surface area contributed by atoms with Crippen LogP contribution in [-0.2, 0) is 4.79 Å². The van der Waals surface area contributed by atoms with Crippen LogP contribution in [0.5, 0.6) is 0 Å². The van der Waals surface area contributed by atoms with Gasteiger partial charge in [0.05, 0.1) is 5.92 Å². The molecule has 1 unspecified atom stereocenters. The van der Waals surface area contributed by atoms with E-state index in [1.54, 1.807) is 6.92 Å². The quantitative estimate of drug-likeness (QED) is 0.710. The molecule has 0 aromatic carbocycles. The zero-order valence-electron chi connectivity index (χ0n) is 11.9. The topological polar surface area (TPSA) is 47.0 Å². The molecule has 0 radical (unpaired) electrons. The van der Waals surface area contributed by atoms with Gasteiger partial charge >= 0.3 is 5.97 Å². The van der Waals surface area contributed by atoms with Gasteiger partial charge in [0.25, 0.3) is 0 Å². The molecule has 5 heteroatoms. The lowest BCUT2D eigenvalue weighted by atomic mass is 10.1. The Balaban J connectivity index is 2.14. The summed E-state index contributed by atoms with van der Waals surface area (Å²) in [6.45, 7) is 8.89. The first kappa shape index (κ1) is 15.4. The number of nitrogens with zero attached hydrogens (tertiary/aromatic N) is 3. The van der Waals surface area contributed by atoms with Crippen LogP contribution in [0.1, 0.15) is 13.3 Å². The van der Waals surface area contributed by atoms with Crippen molar-refractivity contribution in [2.75, 3.05) is 59.9 Å². The number of hydrogen-bond acceptors (Lipinski definition) is 4. The van der Waals surface area contributed by atoms with Crippen LogP contribution in [0.15, 0.2) is 0 Å². The van der Waals surface area contributed by atoms with Crippen molar-refractivity contribution in [3.05, 3.63) is 0 Å². The maximum Gasteiger partial charge on any atom is 0.307 e. The van der Waals surface area contributed by atoms with Crippen LogP contribution in [-0.4, -0.2) is 85.7 Å². The zero-order valence-corrected chi connectivity index (χ0v) is 11.9. The summed E-state index contributed by atoms with van der Waals surface area (Å²) in [4.78, 5) is 17.8. The predicted octanol–water partition coefficient (Wildman–Crippen LogP) is 0.276. The molecule has 18 heavy (non-hydrogen) atoms. The normalized spacial score (nSPS) is 20.2. The highest BCUT2D eigenvalue weighted by Crippen LogP contribution is 2.06. The van der Waals surface area contributed by atoms with Crippen molar-refractivity contribution in [3.8, 4) is 0 Å². The van der Waals surface area contributed by atoms with Crippen molar-refractivity contribution in [1.29, 1.82) is 0 Å². The van der Waals surface area contributed by atoms with Crippen molar-refractivity contribution in [1.82, 2.24) is 14.7 Å². The van der Waals surface area contributed by atoms with E-state index in [4.69, 9.17) is 5.11 Å². The molecule has 1 saturated heterocycles. The zero-order chi connectivity index (χ0) is 13.5. The number of rotatable bonds is 7. The maximum atomic E-state index is 10.8. The van der Waals surface area contributed by atoms with Gasteiger partial charge in [-0.2, -0.15) is 0 Å². The van der Waals surface area contributed by atoms with Crippen LogP contribution < -0.4 is 0 Å². The molecule has 0 aromatic heterocycles. The second kappa shape index (κ2) is 7.71. The first-order valence-electron chi connectivity index (χ1n) is 6.81. The minimum absolute atomic E-state index is 0.259. The SMILES string of the molecule is CC(CN1CCN(CCCN(C)C)CC1)C(=O)O. The van der Waals surface area contributed by atoms with Gasteiger partial charge < -0.3 is 14.9 Å².